The zero-order chi connectivity index (χ0) is 13.0. The number of likely N-dealkylation sites (N-methyl/N-ethyl adjacent to an activating group) is 1. The Labute approximate surface area is 111 Å². The zero-order valence-electron chi connectivity index (χ0n) is 11.8. The van der Waals surface area contributed by atoms with E-state index in [1.165, 1.54) is 24.2 Å². The Kier molecular flexibility index (Phi) is 4.61. The number of hydrogen-bond donors (Lipinski definition) is 1. The van der Waals surface area contributed by atoms with Crippen molar-refractivity contribution < 1.29 is 0 Å². The molecule has 3 nitrogen and oxygen atoms in total. The summed E-state index contributed by atoms with van der Waals surface area (Å²) in [5, 5.41) is 3.48. The van der Waals surface area contributed by atoms with E-state index in [0.29, 0.717) is 6.04 Å². The molecule has 0 amide bonds. The van der Waals surface area contributed by atoms with Crippen molar-refractivity contribution in [2.75, 3.05) is 45.2 Å². The average molecular weight is 247 g/mol. The first-order valence-corrected chi connectivity index (χ1v) is 6.86. The molecule has 1 fully saturated rings. The van der Waals surface area contributed by atoms with Crippen molar-refractivity contribution in [2.45, 2.75) is 19.4 Å². The summed E-state index contributed by atoms with van der Waals surface area (Å²) >= 11 is 0. The average Bonchev–Trinajstić information content (AvgIpc) is 2.38. The van der Waals surface area contributed by atoms with E-state index in [0.717, 1.165) is 19.6 Å². The number of rotatable bonds is 4. The smallest absolute Gasteiger partial charge is 0.0393 e. The molecular formula is C15H25N3. The second-order valence-corrected chi connectivity index (χ2v) is 5.34. The summed E-state index contributed by atoms with van der Waals surface area (Å²) in [5.41, 5.74) is 2.71. The van der Waals surface area contributed by atoms with Gasteiger partial charge in [-0.1, -0.05) is 18.2 Å². The van der Waals surface area contributed by atoms with E-state index in [4.69, 9.17) is 0 Å². The molecule has 1 saturated heterocycles. The normalized spacial score (nSPS) is 20.9. The minimum Gasteiger partial charge on any atom is -0.374 e. The first-order chi connectivity index (χ1) is 8.68. The monoisotopic (exact) mass is 247 g/mol. The Morgan fingerprint density at radius 2 is 2.17 bits per heavy atom. The summed E-state index contributed by atoms with van der Waals surface area (Å²) in [5.74, 6) is 0. The minimum atomic E-state index is 0.671. The summed E-state index contributed by atoms with van der Waals surface area (Å²) < 4.78 is 0. The molecule has 1 atom stereocenters. The largest absolute Gasteiger partial charge is 0.374 e. The molecule has 1 unspecified atom stereocenters. The summed E-state index contributed by atoms with van der Waals surface area (Å²) in [7, 11) is 4.43. The number of hydrogen-bond acceptors (Lipinski definition) is 3. The Hall–Kier alpha value is -1.06. The van der Waals surface area contributed by atoms with Crippen molar-refractivity contribution in [3.63, 3.8) is 0 Å². The van der Waals surface area contributed by atoms with Gasteiger partial charge in [-0.3, -0.25) is 0 Å². The van der Waals surface area contributed by atoms with Crippen LogP contribution in [0.2, 0.25) is 0 Å². The van der Waals surface area contributed by atoms with E-state index in [-0.39, 0.29) is 0 Å². The van der Waals surface area contributed by atoms with Gasteiger partial charge in [0.1, 0.15) is 0 Å². The maximum absolute atomic E-state index is 3.48. The molecule has 2 rings (SSSR count). The minimum absolute atomic E-state index is 0.671. The molecule has 0 aliphatic carbocycles. The highest BCUT2D eigenvalue weighted by molar-refractivity contribution is 5.52. The van der Waals surface area contributed by atoms with Gasteiger partial charge < -0.3 is 15.1 Å². The highest BCUT2D eigenvalue weighted by Crippen LogP contribution is 2.18. The van der Waals surface area contributed by atoms with Gasteiger partial charge in [-0.15, -0.1) is 0 Å². The second kappa shape index (κ2) is 6.21. The fraction of sp³-hybridized carbons (Fsp3) is 0.600. The van der Waals surface area contributed by atoms with E-state index in [1.54, 1.807) is 0 Å². The summed E-state index contributed by atoms with van der Waals surface area (Å²) in [6.45, 7) is 6.71. The van der Waals surface area contributed by atoms with Gasteiger partial charge in [0, 0.05) is 45.0 Å². The van der Waals surface area contributed by atoms with Crippen molar-refractivity contribution in [3.05, 3.63) is 29.8 Å². The first-order valence-electron chi connectivity index (χ1n) is 6.86. The Morgan fingerprint density at radius 3 is 2.89 bits per heavy atom. The number of nitrogens with one attached hydrogen (secondary N) is 1. The number of piperazine rings is 1. The Bertz CT molecular complexity index is 378. The third-order valence-corrected chi connectivity index (χ3v) is 3.97. The van der Waals surface area contributed by atoms with E-state index in [1.807, 2.05) is 0 Å². The van der Waals surface area contributed by atoms with E-state index in [2.05, 4.69) is 60.4 Å². The molecule has 0 bridgehead atoms. The second-order valence-electron chi connectivity index (χ2n) is 5.34. The molecule has 1 aromatic carbocycles. The number of benzene rings is 1. The zero-order valence-corrected chi connectivity index (χ0v) is 11.8. The van der Waals surface area contributed by atoms with Gasteiger partial charge in [-0.05, 0) is 32.0 Å². The number of para-hydroxylation sites is 1. The van der Waals surface area contributed by atoms with Crippen molar-refractivity contribution in [1.29, 1.82) is 0 Å². The Morgan fingerprint density at radius 1 is 1.39 bits per heavy atom. The predicted molar refractivity (Wildman–Crippen MR) is 78.4 cm³/mol. The summed E-state index contributed by atoms with van der Waals surface area (Å²) in [4.78, 5) is 4.85. The molecule has 0 aromatic heterocycles. The molecule has 0 spiro atoms. The lowest BCUT2D eigenvalue weighted by Crippen LogP contribution is -2.50. The number of aryl methyl sites for hydroxylation is 1. The van der Waals surface area contributed by atoms with E-state index in [9.17, 15) is 0 Å². The van der Waals surface area contributed by atoms with Crippen LogP contribution < -0.4 is 10.2 Å². The molecule has 1 aliphatic heterocycles. The Balaban J connectivity index is 1.88. The van der Waals surface area contributed by atoms with Crippen molar-refractivity contribution in [1.82, 2.24) is 10.2 Å². The van der Waals surface area contributed by atoms with Crippen LogP contribution in [0.3, 0.4) is 0 Å². The van der Waals surface area contributed by atoms with Crippen LogP contribution in [0.4, 0.5) is 5.69 Å². The van der Waals surface area contributed by atoms with Crippen LogP contribution in [0.1, 0.15) is 12.0 Å². The fourth-order valence-corrected chi connectivity index (χ4v) is 2.64. The molecule has 3 heteroatoms. The van der Waals surface area contributed by atoms with Crippen LogP contribution in [0.5, 0.6) is 0 Å². The standard InChI is InChI=1S/C15H25N3/c1-13-6-4-5-7-15(13)18(3)10-8-14-12-16-9-11-17(14)2/h4-7,14,16H,8-12H2,1-3H3. The quantitative estimate of drug-likeness (QED) is 0.874. The molecule has 0 radical (unpaired) electrons. The molecule has 100 valence electrons. The van der Waals surface area contributed by atoms with Crippen LogP contribution >= 0.6 is 0 Å². The lowest BCUT2D eigenvalue weighted by Gasteiger charge is -2.34. The van der Waals surface area contributed by atoms with Crippen molar-refractivity contribution in [2.24, 2.45) is 0 Å². The maximum Gasteiger partial charge on any atom is 0.0393 e. The molecule has 1 aliphatic rings. The lowest BCUT2D eigenvalue weighted by molar-refractivity contribution is 0.192. The molecule has 1 aromatic rings. The predicted octanol–water partition coefficient (Wildman–Crippen LogP) is 1.72. The fourth-order valence-electron chi connectivity index (χ4n) is 2.64. The summed E-state index contributed by atoms with van der Waals surface area (Å²) in [6.07, 6.45) is 1.22. The van der Waals surface area contributed by atoms with Crippen LogP contribution in [-0.2, 0) is 0 Å². The van der Waals surface area contributed by atoms with Crippen LogP contribution in [0.15, 0.2) is 24.3 Å². The highest BCUT2D eigenvalue weighted by atomic mass is 15.2. The van der Waals surface area contributed by atoms with Crippen LogP contribution in [-0.4, -0.2) is 51.2 Å². The van der Waals surface area contributed by atoms with Crippen LogP contribution in [0.25, 0.3) is 0 Å². The topological polar surface area (TPSA) is 18.5 Å². The molecular weight excluding hydrogens is 222 g/mol. The third-order valence-electron chi connectivity index (χ3n) is 3.97. The van der Waals surface area contributed by atoms with Gasteiger partial charge in [0.15, 0.2) is 0 Å². The molecule has 18 heavy (non-hydrogen) atoms. The molecule has 0 saturated carbocycles. The first kappa shape index (κ1) is 13.4. The van der Waals surface area contributed by atoms with Gasteiger partial charge in [-0.2, -0.15) is 0 Å². The third kappa shape index (κ3) is 3.24. The maximum atomic E-state index is 3.48. The van der Waals surface area contributed by atoms with Crippen molar-refractivity contribution >= 4 is 5.69 Å². The van der Waals surface area contributed by atoms with Gasteiger partial charge in [-0.25, -0.2) is 0 Å². The van der Waals surface area contributed by atoms with Crippen LogP contribution in [0, 0.1) is 6.92 Å². The summed E-state index contributed by atoms with van der Waals surface area (Å²) in [6, 6.07) is 9.28. The number of nitrogens with zero attached hydrogens (tertiary/aromatic N) is 2. The number of anilines is 1. The van der Waals surface area contributed by atoms with Gasteiger partial charge >= 0.3 is 0 Å². The van der Waals surface area contributed by atoms with E-state index < -0.39 is 0 Å². The highest BCUT2D eigenvalue weighted by Gasteiger charge is 2.18. The van der Waals surface area contributed by atoms with Gasteiger partial charge in [0.25, 0.3) is 0 Å². The molecule has 1 N–H and O–H groups in total. The van der Waals surface area contributed by atoms with Gasteiger partial charge in [0.05, 0.1) is 0 Å². The van der Waals surface area contributed by atoms with Crippen molar-refractivity contribution in [3.8, 4) is 0 Å². The van der Waals surface area contributed by atoms with Gasteiger partial charge in [0.2, 0.25) is 0 Å². The van der Waals surface area contributed by atoms with E-state index >= 15 is 0 Å². The molecule has 1 heterocycles. The lowest BCUT2D eigenvalue weighted by atomic mass is 10.1. The SMILES string of the molecule is Cc1ccccc1N(C)CCC1CNCCN1C.